The van der Waals surface area contributed by atoms with E-state index in [1.165, 1.54) is 0 Å². The molecule has 9 heteroatoms. The molecule has 88 valence electrons. The second-order valence-electron chi connectivity index (χ2n) is 2.83. The Morgan fingerprint density at radius 1 is 0.941 bits per heavy atom. The van der Waals surface area contributed by atoms with E-state index in [0.29, 0.717) is 12.1 Å². The average molecular weight is 286 g/mol. The summed E-state index contributed by atoms with van der Waals surface area (Å²) in [5, 5.41) is 17.2. The van der Waals surface area contributed by atoms with Crippen molar-refractivity contribution < 1.29 is 32.8 Å². The minimum absolute atomic E-state index is 0. The molecule has 0 heterocycles. The average Bonchev–Trinajstić information content (AvgIpc) is 2.15. The first-order valence-electron chi connectivity index (χ1n) is 3.81. The van der Waals surface area contributed by atoms with Crippen molar-refractivity contribution in [3.05, 3.63) is 29.3 Å². The predicted molar refractivity (Wildman–Crippen MR) is 55.9 cm³/mol. The van der Waals surface area contributed by atoms with Crippen LogP contribution in [0.4, 0.5) is 0 Å². The van der Waals surface area contributed by atoms with Crippen LogP contribution < -0.4 is 0 Å². The first-order valence-corrected chi connectivity index (χ1v) is 5.25. The summed E-state index contributed by atoms with van der Waals surface area (Å²) in [5.41, 5.74) is -1.07. The van der Waals surface area contributed by atoms with E-state index in [1.807, 2.05) is 0 Å². The van der Waals surface area contributed by atoms with Crippen LogP contribution in [0.1, 0.15) is 20.7 Å². The molecule has 7 nitrogen and oxygen atoms in total. The van der Waals surface area contributed by atoms with Gasteiger partial charge in [0.25, 0.3) is 10.1 Å². The first kappa shape index (κ1) is 16.3. The van der Waals surface area contributed by atoms with Gasteiger partial charge in [-0.2, -0.15) is 8.42 Å². The first-order chi connectivity index (χ1) is 7.21. The van der Waals surface area contributed by atoms with Crippen molar-refractivity contribution in [1.29, 1.82) is 0 Å². The summed E-state index contributed by atoms with van der Waals surface area (Å²) in [6.07, 6.45) is 0. The van der Waals surface area contributed by atoms with Crippen LogP contribution in [0, 0.1) is 0 Å². The molecule has 3 N–H and O–H groups in total. The van der Waals surface area contributed by atoms with Crippen LogP contribution >= 0.6 is 0 Å². The molecule has 0 aliphatic heterocycles. The molecule has 0 saturated carbocycles. The monoisotopic (exact) mass is 286 g/mol. The zero-order chi connectivity index (χ0) is 12.5. The summed E-state index contributed by atoms with van der Waals surface area (Å²) >= 11 is 0. The van der Waals surface area contributed by atoms with E-state index in [2.05, 4.69) is 0 Å². The van der Waals surface area contributed by atoms with Gasteiger partial charge in [0.2, 0.25) is 0 Å². The fraction of sp³-hybridized carbons (Fsp3) is 0. The molecule has 17 heavy (non-hydrogen) atoms. The molecule has 0 atom stereocenters. The van der Waals surface area contributed by atoms with Gasteiger partial charge in [-0.25, -0.2) is 9.59 Å². The molecular formula is C8H6CaO7S. The smallest absolute Gasteiger partial charge is 0.335 e. The van der Waals surface area contributed by atoms with Crippen LogP contribution in [-0.4, -0.2) is 72.9 Å². The summed E-state index contributed by atoms with van der Waals surface area (Å²) in [7, 11) is -4.64. The van der Waals surface area contributed by atoms with Crippen LogP contribution in [0.5, 0.6) is 0 Å². The number of carbonyl (C=O) groups is 2. The summed E-state index contributed by atoms with van der Waals surface area (Å²) in [6.45, 7) is 0. The number of benzene rings is 1. The van der Waals surface area contributed by atoms with E-state index in [1.54, 1.807) is 0 Å². The maximum Gasteiger partial charge on any atom is 0.335 e. The molecule has 1 aromatic carbocycles. The third-order valence-corrected chi connectivity index (χ3v) is 2.53. The maximum atomic E-state index is 10.8. The number of hydrogen-bond acceptors (Lipinski definition) is 4. The molecule has 1 aromatic rings. The Labute approximate surface area is 126 Å². The van der Waals surface area contributed by atoms with Gasteiger partial charge in [-0.3, -0.25) is 4.55 Å². The van der Waals surface area contributed by atoms with Crippen LogP contribution in [0.25, 0.3) is 0 Å². The summed E-state index contributed by atoms with van der Waals surface area (Å²) < 4.78 is 30.2. The predicted octanol–water partition coefficient (Wildman–Crippen LogP) is -0.0511. The Morgan fingerprint density at radius 3 is 1.53 bits per heavy atom. The summed E-state index contributed by atoms with van der Waals surface area (Å²) in [6, 6.07) is 2.13. The van der Waals surface area contributed by atoms with Gasteiger partial charge in [-0.15, -0.1) is 0 Å². The zero-order valence-electron chi connectivity index (χ0n) is 8.32. The second kappa shape index (κ2) is 5.78. The van der Waals surface area contributed by atoms with E-state index in [-0.39, 0.29) is 37.7 Å². The minimum Gasteiger partial charge on any atom is -0.478 e. The van der Waals surface area contributed by atoms with Crippen LogP contribution in [0.2, 0.25) is 0 Å². The van der Waals surface area contributed by atoms with Crippen molar-refractivity contribution in [2.24, 2.45) is 0 Å². The fourth-order valence-electron chi connectivity index (χ4n) is 0.995. The number of carboxylic acids is 2. The van der Waals surface area contributed by atoms with Gasteiger partial charge in [0, 0.05) is 37.7 Å². The van der Waals surface area contributed by atoms with Gasteiger partial charge in [0.15, 0.2) is 0 Å². The van der Waals surface area contributed by atoms with Crippen LogP contribution in [-0.2, 0) is 10.1 Å². The van der Waals surface area contributed by atoms with Crippen LogP contribution in [0.3, 0.4) is 0 Å². The van der Waals surface area contributed by atoms with E-state index in [0.717, 1.165) is 6.07 Å². The third kappa shape index (κ3) is 4.25. The van der Waals surface area contributed by atoms with Crippen molar-refractivity contribution in [3.63, 3.8) is 0 Å². The zero-order valence-corrected chi connectivity index (χ0v) is 11.3. The largest absolute Gasteiger partial charge is 0.478 e. The van der Waals surface area contributed by atoms with Gasteiger partial charge in [-0.05, 0) is 18.2 Å². The summed E-state index contributed by atoms with van der Waals surface area (Å²) in [4.78, 5) is 20.4. The molecule has 0 bridgehead atoms. The standard InChI is InChI=1S/C8H6O7S.Ca/c9-7(10)4-1-5(8(11)12)3-6(2-4)16(13,14)15;/h1-3H,(H,9,10)(H,11,12)(H,13,14,15);. The number of hydrogen-bond donors (Lipinski definition) is 3. The Bertz CT molecular complexity index is 531. The normalized spacial score (nSPS) is 10.4. The second-order valence-corrected chi connectivity index (χ2v) is 4.25. The molecule has 0 spiro atoms. The third-order valence-electron chi connectivity index (χ3n) is 1.70. The Hall–Kier alpha value is -0.670. The van der Waals surface area contributed by atoms with E-state index in [4.69, 9.17) is 14.8 Å². The van der Waals surface area contributed by atoms with Crippen molar-refractivity contribution in [2.45, 2.75) is 4.90 Å². The van der Waals surface area contributed by atoms with Gasteiger partial charge < -0.3 is 10.2 Å². The number of aromatic carboxylic acids is 2. The van der Waals surface area contributed by atoms with Crippen molar-refractivity contribution in [3.8, 4) is 0 Å². The molecule has 0 fully saturated rings. The van der Waals surface area contributed by atoms with Gasteiger partial charge in [-0.1, -0.05) is 0 Å². The molecule has 0 aliphatic carbocycles. The fourth-order valence-corrected chi connectivity index (χ4v) is 1.55. The van der Waals surface area contributed by atoms with Crippen molar-refractivity contribution >= 4 is 59.8 Å². The topological polar surface area (TPSA) is 129 Å². The van der Waals surface area contributed by atoms with Gasteiger partial charge >= 0.3 is 11.9 Å². The molecular weight excluding hydrogens is 280 g/mol. The quantitative estimate of drug-likeness (QED) is 0.524. The van der Waals surface area contributed by atoms with Gasteiger partial charge in [0.05, 0.1) is 16.0 Å². The van der Waals surface area contributed by atoms with Crippen molar-refractivity contribution in [2.75, 3.05) is 0 Å². The van der Waals surface area contributed by atoms with E-state index in [9.17, 15) is 18.0 Å². The van der Waals surface area contributed by atoms with E-state index >= 15 is 0 Å². The van der Waals surface area contributed by atoms with Crippen LogP contribution in [0.15, 0.2) is 23.1 Å². The molecule has 2 radical (unpaired) electrons. The SMILES string of the molecule is O=C(O)c1cc(C(=O)O)cc(S(=O)(=O)O)c1.[Ca]. The molecule has 0 aromatic heterocycles. The maximum absolute atomic E-state index is 10.8. The van der Waals surface area contributed by atoms with Gasteiger partial charge in [0.1, 0.15) is 0 Å². The molecule has 0 unspecified atom stereocenters. The Balaban J connectivity index is 0.00000256. The van der Waals surface area contributed by atoms with E-state index < -0.39 is 38.1 Å². The Kier molecular flexibility index (Phi) is 5.56. The minimum atomic E-state index is -4.64. The molecule has 0 saturated heterocycles. The van der Waals surface area contributed by atoms with Crippen molar-refractivity contribution in [1.82, 2.24) is 0 Å². The number of rotatable bonds is 3. The number of carboxylic acid groups (broad SMARTS) is 2. The molecule has 0 aliphatic rings. The molecule has 1 rings (SSSR count). The Morgan fingerprint density at radius 2 is 1.29 bits per heavy atom. The summed E-state index contributed by atoms with van der Waals surface area (Å²) in [5.74, 6) is -2.99. The molecule has 0 amide bonds.